The van der Waals surface area contributed by atoms with Gasteiger partial charge in [-0.1, -0.05) is 6.92 Å². The predicted molar refractivity (Wildman–Crippen MR) is 75.8 cm³/mol. The highest BCUT2D eigenvalue weighted by atomic mass is 35.5. The first kappa shape index (κ1) is 16.5. The summed E-state index contributed by atoms with van der Waals surface area (Å²) < 4.78 is 2.26. The molecule has 0 radical (unpaired) electrons. The average Bonchev–Trinajstić information content (AvgIpc) is 2.64. The van der Waals surface area contributed by atoms with E-state index in [9.17, 15) is 0 Å². The molecule has 4 heteroatoms. The minimum absolute atomic E-state index is 0. The maximum absolute atomic E-state index is 4.35. The average molecular weight is 260 g/mol. The van der Waals surface area contributed by atoms with E-state index in [-0.39, 0.29) is 12.4 Å². The minimum atomic E-state index is 0. The van der Waals surface area contributed by atoms with E-state index in [1.54, 1.807) is 0 Å². The van der Waals surface area contributed by atoms with Gasteiger partial charge < -0.3 is 4.57 Å². The Morgan fingerprint density at radius 1 is 1.24 bits per heavy atom. The fraction of sp³-hybridized carbons (Fsp3) is 0.769. The van der Waals surface area contributed by atoms with Gasteiger partial charge in [-0.3, -0.25) is 4.90 Å². The molecule has 0 aromatic carbocycles. The number of halogens is 1. The topological polar surface area (TPSA) is 21.1 Å². The number of imidazole rings is 1. The van der Waals surface area contributed by atoms with Crippen molar-refractivity contribution >= 4 is 12.4 Å². The Morgan fingerprint density at radius 3 is 2.29 bits per heavy atom. The summed E-state index contributed by atoms with van der Waals surface area (Å²) in [7, 11) is 0. The van der Waals surface area contributed by atoms with Crippen molar-refractivity contribution in [3.63, 3.8) is 0 Å². The van der Waals surface area contributed by atoms with E-state index in [4.69, 9.17) is 0 Å². The molecule has 1 rings (SSSR count). The normalized spacial score (nSPS) is 11.3. The van der Waals surface area contributed by atoms with Crippen molar-refractivity contribution < 1.29 is 0 Å². The van der Waals surface area contributed by atoms with Crippen molar-refractivity contribution in [2.75, 3.05) is 6.54 Å². The molecule has 0 unspecified atom stereocenters. The van der Waals surface area contributed by atoms with Crippen LogP contribution >= 0.6 is 12.4 Å². The first-order valence-electron chi connectivity index (χ1n) is 6.32. The van der Waals surface area contributed by atoms with Crippen LogP contribution in [0.5, 0.6) is 0 Å². The van der Waals surface area contributed by atoms with Crippen molar-refractivity contribution in [2.45, 2.75) is 59.7 Å². The molecule has 100 valence electrons. The van der Waals surface area contributed by atoms with Gasteiger partial charge >= 0.3 is 0 Å². The summed E-state index contributed by atoms with van der Waals surface area (Å²) in [5.74, 6) is 1.19. The van der Waals surface area contributed by atoms with Crippen LogP contribution in [0.15, 0.2) is 12.4 Å². The van der Waals surface area contributed by atoms with Gasteiger partial charge in [0.25, 0.3) is 0 Å². The Kier molecular flexibility index (Phi) is 7.48. The van der Waals surface area contributed by atoms with Gasteiger partial charge in [-0.2, -0.15) is 0 Å². The monoisotopic (exact) mass is 259 g/mol. The van der Waals surface area contributed by atoms with Crippen LogP contribution < -0.4 is 0 Å². The second kappa shape index (κ2) is 7.72. The molecule has 0 bridgehead atoms. The van der Waals surface area contributed by atoms with Crippen LogP contribution in [0, 0.1) is 0 Å². The maximum atomic E-state index is 4.35. The molecule has 0 saturated carbocycles. The first-order chi connectivity index (χ1) is 7.56. The molecule has 0 N–H and O–H groups in total. The van der Waals surface area contributed by atoms with Gasteiger partial charge in [0.05, 0.1) is 0 Å². The van der Waals surface area contributed by atoms with Crippen LogP contribution in [0.1, 0.15) is 40.4 Å². The molecular formula is C13H26ClN3. The summed E-state index contributed by atoms with van der Waals surface area (Å²) >= 11 is 0. The highest BCUT2D eigenvalue weighted by Gasteiger charge is 2.13. The molecular weight excluding hydrogens is 234 g/mol. The summed E-state index contributed by atoms with van der Waals surface area (Å²) in [6, 6.07) is 1.21. The second-order valence-electron chi connectivity index (χ2n) is 4.82. The standard InChI is InChI=1S/C13H25N3.ClH/c1-6-13-14-7-8-15(13)9-10-16(11(2)3)12(4)5;/h7-8,11-12H,6,9-10H2,1-5H3;1H. The highest BCUT2D eigenvalue weighted by Crippen LogP contribution is 2.06. The van der Waals surface area contributed by atoms with Gasteiger partial charge in [0.2, 0.25) is 0 Å². The lowest BCUT2D eigenvalue weighted by molar-refractivity contribution is 0.168. The van der Waals surface area contributed by atoms with Gasteiger partial charge in [0.15, 0.2) is 0 Å². The lowest BCUT2D eigenvalue weighted by atomic mass is 10.2. The Balaban J connectivity index is 0.00000256. The van der Waals surface area contributed by atoms with Crippen molar-refractivity contribution in [3.8, 4) is 0 Å². The number of rotatable bonds is 6. The van der Waals surface area contributed by atoms with E-state index < -0.39 is 0 Å². The van der Waals surface area contributed by atoms with Gasteiger partial charge in [0.1, 0.15) is 5.82 Å². The smallest absolute Gasteiger partial charge is 0.108 e. The third-order valence-corrected chi connectivity index (χ3v) is 3.04. The number of aromatic nitrogens is 2. The molecule has 3 nitrogen and oxygen atoms in total. The zero-order valence-corrected chi connectivity index (χ0v) is 12.5. The molecule has 0 saturated heterocycles. The van der Waals surface area contributed by atoms with Gasteiger partial charge in [0, 0.05) is 44.0 Å². The number of hydrogen-bond donors (Lipinski definition) is 0. The van der Waals surface area contributed by atoms with Crippen LogP contribution in [-0.2, 0) is 13.0 Å². The molecule has 1 heterocycles. The van der Waals surface area contributed by atoms with Crippen molar-refractivity contribution in [3.05, 3.63) is 18.2 Å². The van der Waals surface area contributed by atoms with E-state index in [0.717, 1.165) is 19.5 Å². The third-order valence-electron chi connectivity index (χ3n) is 3.04. The lowest BCUT2D eigenvalue weighted by Gasteiger charge is -2.30. The van der Waals surface area contributed by atoms with Crippen LogP contribution in [-0.4, -0.2) is 33.1 Å². The molecule has 0 fully saturated rings. The second-order valence-corrected chi connectivity index (χ2v) is 4.82. The molecule has 0 aliphatic carbocycles. The van der Waals surface area contributed by atoms with E-state index in [0.29, 0.717) is 12.1 Å². The lowest BCUT2D eigenvalue weighted by Crippen LogP contribution is -2.39. The van der Waals surface area contributed by atoms with Gasteiger partial charge in [-0.15, -0.1) is 12.4 Å². The van der Waals surface area contributed by atoms with E-state index >= 15 is 0 Å². The summed E-state index contributed by atoms with van der Waals surface area (Å²) in [5.41, 5.74) is 0. The maximum Gasteiger partial charge on any atom is 0.108 e. The van der Waals surface area contributed by atoms with Gasteiger partial charge in [-0.05, 0) is 27.7 Å². The third kappa shape index (κ3) is 4.68. The highest BCUT2D eigenvalue weighted by molar-refractivity contribution is 5.85. The zero-order valence-electron chi connectivity index (χ0n) is 11.7. The molecule has 0 aliphatic heterocycles. The molecule has 0 spiro atoms. The summed E-state index contributed by atoms with van der Waals surface area (Å²) in [6.45, 7) is 13.3. The summed E-state index contributed by atoms with van der Waals surface area (Å²) in [5, 5.41) is 0. The number of aryl methyl sites for hydroxylation is 1. The summed E-state index contributed by atoms with van der Waals surface area (Å²) in [4.78, 5) is 6.86. The summed E-state index contributed by atoms with van der Waals surface area (Å²) in [6.07, 6.45) is 4.99. The minimum Gasteiger partial charge on any atom is -0.334 e. The van der Waals surface area contributed by atoms with Crippen LogP contribution in [0.3, 0.4) is 0 Å². The van der Waals surface area contributed by atoms with Crippen LogP contribution in [0.4, 0.5) is 0 Å². The Morgan fingerprint density at radius 2 is 1.82 bits per heavy atom. The number of nitrogens with zero attached hydrogens (tertiary/aromatic N) is 3. The van der Waals surface area contributed by atoms with Gasteiger partial charge in [-0.25, -0.2) is 4.98 Å². The zero-order chi connectivity index (χ0) is 12.1. The van der Waals surface area contributed by atoms with Crippen molar-refractivity contribution in [2.24, 2.45) is 0 Å². The Bertz CT molecular complexity index is 299. The predicted octanol–water partition coefficient (Wildman–Crippen LogP) is 2.99. The number of hydrogen-bond acceptors (Lipinski definition) is 2. The fourth-order valence-electron chi connectivity index (χ4n) is 2.19. The van der Waals surface area contributed by atoms with E-state index in [1.807, 2.05) is 6.20 Å². The van der Waals surface area contributed by atoms with E-state index in [2.05, 4.69) is 55.3 Å². The molecule has 0 aliphatic rings. The SMILES string of the molecule is CCc1nccn1CCN(C(C)C)C(C)C.Cl. The Labute approximate surface area is 112 Å². The first-order valence-corrected chi connectivity index (χ1v) is 6.32. The quantitative estimate of drug-likeness (QED) is 0.783. The molecule has 17 heavy (non-hydrogen) atoms. The van der Waals surface area contributed by atoms with E-state index in [1.165, 1.54) is 5.82 Å². The van der Waals surface area contributed by atoms with Crippen LogP contribution in [0.25, 0.3) is 0 Å². The largest absolute Gasteiger partial charge is 0.334 e. The van der Waals surface area contributed by atoms with Crippen molar-refractivity contribution in [1.82, 2.24) is 14.5 Å². The van der Waals surface area contributed by atoms with Crippen LogP contribution in [0.2, 0.25) is 0 Å². The molecule has 0 amide bonds. The molecule has 1 aromatic rings. The molecule has 0 atom stereocenters. The Hall–Kier alpha value is -0.540. The molecule has 1 aromatic heterocycles. The fourth-order valence-corrected chi connectivity index (χ4v) is 2.19. The van der Waals surface area contributed by atoms with Crippen molar-refractivity contribution in [1.29, 1.82) is 0 Å².